The number of rotatable bonds is 9. The highest BCUT2D eigenvalue weighted by molar-refractivity contribution is 5.77. The van der Waals surface area contributed by atoms with Gasteiger partial charge in [0.15, 0.2) is 0 Å². The summed E-state index contributed by atoms with van der Waals surface area (Å²) in [5.74, 6) is 0.0545. The lowest BCUT2D eigenvalue weighted by molar-refractivity contribution is -0.123. The van der Waals surface area contributed by atoms with Crippen molar-refractivity contribution in [3.8, 4) is 0 Å². The van der Waals surface area contributed by atoms with Crippen molar-refractivity contribution >= 4 is 5.91 Å². The van der Waals surface area contributed by atoms with Crippen molar-refractivity contribution in [1.29, 1.82) is 0 Å². The molecule has 1 amide bonds. The van der Waals surface area contributed by atoms with Gasteiger partial charge in [0.1, 0.15) is 0 Å². The van der Waals surface area contributed by atoms with Gasteiger partial charge in [-0.25, -0.2) is 0 Å². The number of ether oxygens (including phenoxy) is 2. The average molecular weight is 274 g/mol. The van der Waals surface area contributed by atoms with E-state index in [-0.39, 0.29) is 18.6 Å². The third kappa shape index (κ3) is 7.47. The summed E-state index contributed by atoms with van der Waals surface area (Å²) in [6, 6.07) is 0. The second-order valence-electron chi connectivity index (χ2n) is 4.79. The van der Waals surface area contributed by atoms with Gasteiger partial charge in [-0.05, 0) is 25.8 Å². The summed E-state index contributed by atoms with van der Waals surface area (Å²) in [4.78, 5) is 13.8. The predicted molar refractivity (Wildman–Crippen MR) is 72.0 cm³/mol. The van der Waals surface area contributed by atoms with E-state index in [1.807, 2.05) is 0 Å². The normalized spacial score (nSPS) is 20.4. The Morgan fingerprint density at radius 1 is 1.47 bits per heavy atom. The number of carbonyl (C=O) groups excluding carboxylic acids is 1. The molecule has 1 aliphatic heterocycles. The quantitative estimate of drug-likeness (QED) is 0.561. The predicted octanol–water partition coefficient (Wildman–Crippen LogP) is -0.388. The molecule has 0 saturated carbocycles. The minimum Gasteiger partial charge on any atom is -0.394 e. The molecule has 0 bridgehead atoms. The molecular weight excluding hydrogens is 248 g/mol. The lowest BCUT2D eigenvalue weighted by atomic mass is 10.1. The molecule has 1 atom stereocenters. The van der Waals surface area contributed by atoms with E-state index in [4.69, 9.17) is 14.6 Å². The number of likely N-dealkylation sites (tertiary alicyclic amines) is 1. The first-order valence-electron chi connectivity index (χ1n) is 6.96. The highest BCUT2D eigenvalue weighted by atomic mass is 16.5. The summed E-state index contributed by atoms with van der Waals surface area (Å²) in [5, 5.41) is 11.6. The van der Waals surface area contributed by atoms with Crippen LogP contribution in [-0.2, 0) is 14.3 Å². The van der Waals surface area contributed by atoms with E-state index in [9.17, 15) is 4.79 Å². The minimum absolute atomic E-state index is 0.0521. The molecule has 1 aliphatic rings. The summed E-state index contributed by atoms with van der Waals surface area (Å²) >= 11 is 0. The molecule has 6 heteroatoms. The van der Waals surface area contributed by atoms with Crippen LogP contribution >= 0.6 is 0 Å². The average Bonchev–Trinajstić information content (AvgIpc) is 2.42. The summed E-state index contributed by atoms with van der Waals surface area (Å²) in [7, 11) is 1.65. The molecule has 1 saturated heterocycles. The van der Waals surface area contributed by atoms with E-state index in [2.05, 4.69) is 10.2 Å². The van der Waals surface area contributed by atoms with Crippen molar-refractivity contribution in [3.05, 3.63) is 0 Å². The molecule has 1 rings (SSSR count). The van der Waals surface area contributed by atoms with E-state index in [0.29, 0.717) is 26.3 Å². The van der Waals surface area contributed by atoms with E-state index in [0.717, 1.165) is 32.4 Å². The Hall–Kier alpha value is -0.690. The van der Waals surface area contributed by atoms with Crippen LogP contribution in [0, 0.1) is 0 Å². The maximum atomic E-state index is 11.7. The van der Waals surface area contributed by atoms with Gasteiger partial charge in [-0.15, -0.1) is 0 Å². The van der Waals surface area contributed by atoms with Crippen LogP contribution in [0.4, 0.5) is 0 Å². The Labute approximate surface area is 115 Å². The molecule has 0 spiro atoms. The number of amides is 1. The topological polar surface area (TPSA) is 71.0 Å². The summed E-state index contributed by atoms with van der Waals surface area (Å²) < 4.78 is 10.4. The molecule has 0 aromatic carbocycles. The Morgan fingerprint density at radius 3 is 3.05 bits per heavy atom. The standard InChI is InChI=1S/C13H26N2O4/c1-18-8-3-5-14-13(17)11-15-6-2-4-12(10-15)19-9-7-16/h12,16H,2-11H2,1H3,(H,14,17). The van der Waals surface area contributed by atoms with Gasteiger partial charge in [0.2, 0.25) is 5.91 Å². The Morgan fingerprint density at radius 2 is 2.32 bits per heavy atom. The van der Waals surface area contributed by atoms with Gasteiger partial charge in [0, 0.05) is 26.8 Å². The van der Waals surface area contributed by atoms with E-state index >= 15 is 0 Å². The number of carbonyl (C=O) groups is 1. The zero-order valence-electron chi connectivity index (χ0n) is 11.8. The fourth-order valence-electron chi connectivity index (χ4n) is 2.22. The number of methoxy groups -OCH3 is 1. The van der Waals surface area contributed by atoms with Crippen LogP contribution in [-0.4, -0.2) is 75.1 Å². The van der Waals surface area contributed by atoms with Crippen LogP contribution in [0.1, 0.15) is 19.3 Å². The maximum Gasteiger partial charge on any atom is 0.234 e. The van der Waals surface area contributed by atoms with Crippen molar-refractivity contribution in [2.75, 3.05) is 53.1 Å². The van der Waals surface area contributed by atoms with Gasteiger partial charge in [-0.1, -0.05) is 0 Å². The molecule has 1 unspecified atom stereocenters. The molecule has 6 nitrogen and oxygen atoms in total. The smallest absolute Gasteiger partial charge is 0.234 e. The zero-order valence-corrected chi connectivity index (χ0v) is 11.8. The molecule has 112 valence electrons. The van der Waals surface area contributed by atoms with Gasteiger partial charge in [-0.2, -0.15) is 0 Å². The fourth-order valence-corrected chi connectivity index (χ4v) is 2.22. The molecule has 0 radical (unpaired) electrons. The monoisotopic (exact) mass is 274 g/mol. The third-order valence-corrected chi connectivity index (χ3v) is 3.12. The largest absolute Gasteiger partial charge is 0.394 e. The Kier molecular flexibility index (Phi) is 8.73. The second-order valence-corrected chi connectivity index (χ2v) is 4.79. The fraction of sp³-hybridized carbons (Fsp3) is 0.923. The molecule has 19 heavy (non-hydrogen) atoms. The highest BCUT2D eigenvalue weighted by Crippen LogP contribution is 2.12. The van der Waals surface area contributed by atoms with E-state index < -0.39 is 0 Å². The first kappa shape index (κ1) is 16.4. The van der Waals surface area contributed by atoms with Crippen molar-refractivity contribution < 1.29 is 19.4 Å². The lowest BCUT2D eigenvalue weighted by Crippen LogP contribution is -2.45. The summed E-state index contributed by atoms with van der Waals surface area (Å²) in [6.07, 6.45) is 3.02. The molecule has 0 aromatic rings. The van der Waals surface area contributed by atoms with Crippen LogP contribution in [0.2, 0.25) is 0 Å². The van der Waals surface area contributed by atoms with Crippen LogP contribution < -0.4 is 5.32 Å². The van der Waals surface area contributed by atoms with Gasteiger partial charge in [0.25, 0.3) is 0 Å². The molecule has 0 aromatic heterocycles. The van der Waals surface area contributed by atoms with Crippen molar-refractivity contribution in [2.45, 2.75) is 25.4 Å². The van der Waals surface area contributed by atoms with Crippen LogP contribution in [0.25, 0.3) is 0 Å². The molecule has 2 N–H and O–H groups in total. The number of nitrogens with zero attached hydrogens (tertiary/aromatic N) is 1. The van der Waals surface area contributed by atoms with Gasteiger partial charge in [-0.3, -0.25) is 9.69 Å². The second kappa shape index (κ2) is 10.1. The van der Waals surface area contributed by atoms with Crippen LogP contribution in [0.15, 0.2) is 0 Å². The van der Waals surface area contributed by atoms with Crippen molar-refractivity contribution in [3.63, 3.8) is 0 Å². The number of hydrogen-bond donors (Lipinski definition) is 2. The minimum atomic E-state index is 0.0521. The Bertz CT molecular complexity index is 251. The van der Waals surface area contributed by atoms with Crippen LogP contribution in [0.3, 0.4) is 0 Å². The third-order valence-electron chi connectivity index (χ3n) is 3.12. The zero-order chi connectivity index (χ0) is 13.9. The molecular formula is C13H26N2O4. The molecule has 1 heterocycles. The Balaban J connectivity index is 2.14. The van der Waals surface area contributed by atoms with Gasteiger partial charge < -0.3 is 19.9 Å². The molecule has 0 aliphatic carbocycles. The first-order valence-corrected chi connectivity index (χ1v) is 6.96. The van der Waals surface area contributed by atoms with Gasteiger partial charge in [0.05, 0.1) is 25.9 Å². The number of aliphatic hydroxyl groups is 1. The van der Waals surface area contributed by atoms with E-state index in [1.165, 1.54) is 0 Å². The lowest BCUT2D eigenvalue weighted by Gasteiger charge is -2.32. The number of hydrogen-bond acceptors (Lipinski definition) is 5. The molecule has 1 fully saturated rings. The van der Waals surface area contributed by atoms with Crippen molar-refractivity contribution in [2.24, 2.45) is 0 Å². The first-order chi connectivity index (χ1) is 9.26. The number of aliphatic hydroxyl groups excluding tert-OH is 1. The number of piperidine rings is 1. The SMILES string of the molecule is COCCCNC(=O)CN1CCCC(OCCO)C1. The van der Waals surface area contributed by atoms with Gasteiger partial charge >= 0.3 is 0 Å². The number of nitrogens with one attached hydrogen (secondary N) is 1. The summed E-state index contributed by atoms with van der Waals surface area (Å²) in [6.45, 7) is 3.88. The van der Waals surface area contributed by atoms with E-state index in [1.54, 1.807) is 7.11 Å². The van der Waals surface area contributed by atoms with Crippen LogP contribution in [0.5, 0.6) is 0 Å². The summed E-state index contributed by atoms with van der Waals surface area (Å²) in [5.41, 5.74) is 0. The highest BCUT2D eigenvalue weighted by Gasteiger charge is 2.21. The van der Waals surface area contributed by atoms with Crippen molar-refractivity contribution in [1.82, 2.24) is 10.2 Å². The maximum absolute atomic E-state index is 11.7.